The largest absolute Gasteiger partial charge is 0.493 e. The fourth-order valence-corrected chi connectivity index (χ4v) is 6.79. The Bertz CT molecular complexity index is 1930. The summed E-state index contributed by atoms with van der Waals surface area (Å²) in [6.07, 6.45) is 0.520. The molecule has 0 saturated carbocycles. The Morgan fingerprint density at radius 3 is 2.53 bits per heavy atom. The zero-order chi connectivity index (χ0) is 32.9. The predicted molar refractivity (Wildman–Crippen MR) is 179 cm³/mol. The van der Waals surface area contributed by atoms with Crippen LogP contribution in [0.3, 0.4) is 0 Å². The maximum atomic E-state index is 13.8. The van der Waals surface area contributed by atoms with Crippen molar-refractivity contribution in [1.82, 2.24) is 25.1 Å². The number of hydrogen-bond acceptors (Lipinski definition) is 9. The minimum absolute atomic E-state index is 0.0286. The van der Waals surface area contributed by atoms with Gasteiger partial charge in [0.15, 0.2) is 22.5 Å². The summed E-state index contributed by atoms with van der Waals surface area (Å²) in [6.45, 7) is 2.06. The molecule has 240 valence electrons. The highest BCUT2D eigenvalue weighted by Crippen LogP contribution is 2.35. The molecule has 0 saturated heterocycles. The van der Waals surface area contributed by atoms with Gasteiger partial charge in [-0.25, -0.2) is 9.40 Å². The van der Waals surface area contributed by atoms with E-state index in [-0.39, 0.29) is 36.0 Å². The van der Waals surface area contributed by atoms with Crippen molar-refractivity contribution in [2.24, 2.45) is 5.10 Å². The first-order chi connectivity index (χ1) is 22.8. The lowest BCUT2D eigenvalue weighted by Gasteiger charge is -2.22. The van der Waals surface area contributed by atoms with E-state index in [4.69, 9.17) is 14.6 Å². The molecule has 1 atom stereocenters. The van der Waals surface area contributed by atoms with Crippen molar-refractivity contribution in [1.29, 1.82) is 0 Å². The molecule has 1 aliphatic heterocycles. The first-order valence-corrected chi connectivity index (χ1v) is 16.5. The number of rotatable bonds is 11. The monoisotopic (exact) mass is 670 g/mol. The van der Waals surface area contributed by atoms with Gasteiger partial charge in [-0.3, -0.25) is 14.2 Å². The number of halogens is 1. The van der Waals surface area contributed by atoms with Crippen LogP contribution in [0.25, 0.3) is 5.69 Å². The van der Waals surface area contributed by atoms with E-state index in [1.54, 1.807) is 41.7 Å². The number of carbonyl (C=O) groups is 2. The van der Waals surface area contributed by atoms with E-state index in [0.29, 0.717) is 34.5 Å². The number of amides is 2. The fourth-order valence-electron chi connectivity index (χ4n) is 5.24. The Hall–Kier alpha value is -5.01. The third-order valence-electron chi connectivity index (χ3n) is 7.56. The van der Waals surface area contributed by atoms with Crippen molar-refractivity contribution in [2.45, 2.75) is 31.1 Å². The molecule has 2 amide bonds. The molecule has 13 heteroatoms. The molecular formula is C34H31FN6O4S2. The number of nitrogens with zero attached hydrogens (tertiary/aromatic N) is 5. The molecule has 47 heavy (non-hydrogen) atoms. The lowest BCUT2D eigenvalue weighted by Crippen LogP contribution is -2.28. The van der Waals surface area contributed by atoms with Gasteiger partial charge < -0.3 is 14.8 Å². The number of carbonyl (C=O) groups excluding carboxylic acids is 2. The molecule has 1 aliphatic rings. The number of aryl methyl sites for hydroxylation is 1. The van der Waals surface area contributed by atoms with Crippen molar-refractivity contribution in [2.75, 3.05) is 20.0 Å². The number of hydrogen-bond donors (Lipinski definition) is 1. The van der Waals surface area contributed by atoms with Crippen molar-refractivity contribution >= 4 is 40.6 Å². The second-order valence-electron chi connectivity index (χ2n) is 10.6. The topological polar surface area (TPSA) is 111 Å². The van der Waals surface area contributed by atoms with Gasteiger partial charge in [0.05, 0.1) is 43.1 Å². The molecule has 0 radical (unpaired) electrons. The number of thiophene rings is 1. The Balaban J connectivity index is 1.23. The van der Waals surface area contributed by atoms with Gasteiger partial charge in [-0.2, -0.15) is 5.10 Å². The minimum atomic E-state index is -0.363. The fraction of sp³-hybridized carbons (Fsp3) is 0.206. The van der Waals surface area contributed by atoms with Gasteiger partial charge in [-0.15, -0.1) is 21.5 Å². The molecule has 2 aromatic heterocycles. The van der Waals surface area contributed by atoms with Gasteiger partial charge in [-0.1, -0.05) is 42.1 Å². The van der Waals surface area contributed by atoms with E-state index in [0.717, 1.165) is 27.4 Å². The van der Waals surface area contributed by atoms with Crippen molar-refractivity contribution in [3.05, 3.63) is 117 Å². The quantitative estimate of drug-likeness (QED) is 0.167. The van der Waals surface area contributed by atoms with Crippen LogP contribution in [0.5, 0.6) is 11.5 Å². The van der Waals surface area contributed by atoms with Crippen LogP contribution in [-0.2, 0) is 11.3 Å². The van der Waals surface area contributed by atoms with E-state index in [1.165, 1.54) is 43.1 Å². The normalized spacial score (nSPS) is 14.2. The Kier molecular flexibility index (Phi) is 9.64. The number of ether oxygens (including phenoxy) is 2. The number of benzene rings is 3. The van der Waals surface area contributed by atoms with Gasteiger partial charge in [0.2, 0.25) is 0 Å². The summed E-state index contributed by atoms with van der Waals surface area (Å²) in [5, 5.41) is 20.4. The van der Waals surface area contributed by atoms with Crippen molar-refractivity contribution in [3.8, 4) is 17.2 Å². The van der Waals surface area contributed by atoms with Crippen LogP contribution in [0.4, 0.5) is 4.39 Å². The van der Waals surface area contributed by atoms with Crippen LogP contribution in [0, 0.1) is 12.7 Å². The van der Waals surface area contributed by atoms with Gasteiger partial charge in [0, 0.05) is 17.7 Å². The van der Waals surface area contributed by atoms with Gasteiger partial charge in [0.25, 0.3) is 11.8 Å². The molecule has 3 heterocycles. The second-order valence-corrected chi connectivity index (χ2v) is 12.5. The first kappa shape index (κ1) is 32.0. The maximum absolute atomic E-state index is 13.8. The van der Waals surface area contributed by atoms with Crippen LogP contribution < -0.4 is 14.8 Å². The minimum Gasteiger partial charge on any atom is -0.493 e. The average Bonchev–Trinajstić information content (AvgIpc) is 3.86. The first-order valence-electron chi connectivity index (χ1n) is 14.7. The lowest BCUT2D eigenvalue weighted by atomic mass is 10.0. The molecule has 10 nitrogen and oxygen atoms in total. The molecule has 0 unspecified atom stereocenters. The highest BCUT2D eigenvalue weighted by Gasteiger charge is 2.34. The molecule has 0 fully saturated rings. The Morgan fingerprint density at radius 1 is 1.00 bits per heavy atom. The van der Waals surface area contributed by atoms with E-state index in [1.807, 2.05) is 53.3 Å². The number of aromatic nitrogens is 3. The van der Waals surface area contributed by atoms with Gasteiger partial charge in [0.1, 0.15) is 5.82 Å². The van der Waals surface area contributed by atoms with E-state index in [2.05, 4.69) is 15.5 Å². The molecule has 6 rings (SSSR count). The number of hydrazone groups is 1. The average molecular weight is 671 g/mol. The summed E-state index contributed by atoms with van der Waals surface area (Å²) in [6, 6.07) is 22.5. The molecule has 0 aliphatic carbocycles. The van der Waals surface area contributed by atoms with Gasteiger partial charge >= 0.3 is 0 Å². The standard InChI is InChI=1S/C34H31FN6O4S2/c1-21-6-4-7-25(16-21)40-31(19-36-33(43)23-11-14-28(44-2)29(17-23)45-3)37-38-34(40)47-20-32(42)41-27(22-9-12-24(35)13-10-22)18-26(39-41)30-8-5-15-46-30/h4-17,27H,18-20H2,1-3H3,(H,36,43)/t27-/m1/s1. The van der Waals surface area contributed by atoms with Crippen molar-refractivity contribution < 1.29 is 23.5 Å². The Labute approximate surface area is 279 Å². The molecule has 1 N–H and O–H groups in total. The second kappa shape index (κ2) is 14.2. The summed E-state index contributed by atoms with van der Waals surface area (Å²) < 4.78 is 26.2. The maximum Gasteiger partial charge on any atom is 0.253 e. The van der Waals surface area contributed by atoms with E-state index >= 15 is 0 Å². The van der Waals surface area contributed by atoms with Crippen LogP contribution in [0.2, 0.25) is 0 Å². The summed E-state index contributed by atoms with van der Waals surface area (Å²) in [5.74, 6) is 0.589. The number of methoxy groups -OCH3 is 2. The molecule has 3 aromatic carbocycles. The molecular weight excluding hydrogens is 640 g/mol. The van der Waals surface area contributed by atoms with Crippen LogP contribution in [-0.4, -0.2) is 57.3 Å². The van der Waals surface area contributed by atoms with Gasteiger partial charge in [-0.05, 0) is 72.0 Å². The zero-order valence-electron chi connectivity index (χ0n) is 25.8. The van der Waals surface area contributed by atoms with Crippen molar-refractivity contribution in [3.63, 3.8) is 0 Å². The zero-order valence-corrected chi connectivity index (χ0v) is 27.5. The SMILES string of the molecule is COc1ccc(C(=O)NCc2nnc(SCC(=O)N3N=C(c4cccs4)C[C@@H]3c3ccc(F)cc3)n2-c2cccc(C)c2)cc1OC. The third kappa shape index (κ3) is 7.05. The Morgan fingerprint density at radius 2 is 1.81 bits per heavy atom. The highest BCUT2D eigenvalue weighted by molar-refractivity contribution is 7.99. The summed E-state index contributed by atoms with van der Waals surface area (Å²) in [4.78, 5) is 27.8. The molecule has 5 aromatic rings. The molecule has 0 bridgehead atoms. The number of nitrogens with one attached hydrogen (secondary N) is 1. The highest BCUT2D eigenvalue weighted by atomic mass is 32.2. The van der Waals surface area contributed by atoms with E-state index < -0.39 is 0 Å². The smallest absolute Gasteiger partial charge is 0.253 e. The van der Waals surface area contributed by atoms with Crippen LogP contribution in [0.15, 0.2) is 94.5 Å². The summed E-state index contributed by atoms with van der Waals surface area (Å²) in [7, 11) is 3.04. The molecule has 0 spiro atoms. The summed E-state index contributed by atoms with van der Waals surface area (Å²) >= 11 is 2.79. The lowest BCUT2D eigenvalue weighted by molar-refractivity contribution is -0.130. The van der Waals surface area contributed by atoms with Crippen LogP contribution >= 0.6 is 23.1 Å². The van der Waals surface area contributed by atoms with Crippen LogP contribution in [0.1, 0.15) is 44.6 Å². The van der Waals surface area contributed by atoms with E-state index in [9.17, 15) is 14.0 Å². The number of thioether (sulfide) groups is 1. The predicted octanol–water partition coefficient (Wildman–Crippen LogP) is 6.19. The summed E-state index contributed by atoms with van der Waals surface area (Å²) in [5.41, 5.74) is 3.83. The third-order valence-corrected chi connectivity index (χ3v) is 9.40.